The van der Waals surface area contributed by atoms with E-state index in [4.69, 9.17) is 5.11 Å². The Balaban J connectivity index is 2.25. The molecule has 2 aromatic rings. The van der Waals surface area contributed by atoms with Crippen molar-refractivity contribution in [1.82, 2.24) is 14.5 Å². The summed E-state index contributed by atoms with van der Waals surface area (Å²) in [6.07, 6.45) is 1.67. The van der Waals surface area contributed by atoms with Crippen LogP contribution in [0.5, 0.6) is 0 Å². The van der Waals surface area contributed by atoms with Crippen molar-refractivity contribution < 1.29 is 5.11 Å². The van der Waals surface area contributed by atoms with Gasteiger partial charge in [0.05, 0.1) is 24.2 Å². The molecule has 0 saturated heterocycles. The van der Waals surface area contributed by atoms with Crippen molar-refractivity contribution in [2.75, 3.05) is 0 Å². The highest BCUT2D eigenvalue weighted by Gasteiger charge is 2.08. The highest BCUT2D eigenvalue weighted by Crippen LogP contribution is 2.27. The third-order valence-corrected chi connectivity index (χ3v) is 4.23. The van der Waals surface area contributed by atoms with Gasteiger partial charge in [0.15, 0.2) is 5.16 Å². The molecule has 6 heteroatoms. The van der Waals surface area contributed by atoms with Crippen molar-refractivity contribution in [1.29, 1.82) is 0 Å². The van der Waals surface area contributed by atoms with Crippen molar-refractivity contribution >= 4 is 27.7 Å². The van der Waals surface area contributed by atoms with E-state index < -0.39 is 0 Å². The number of hydrogen-bond acceptors (Lipinski definition) is 4. The van der Waals surface area contributed by atoms with E-state index in [9.17, 15) is 0 Å². The molecular weight excluding hydrogens is 302 g/mol. The summed E-state index contributed by atoms with van der Waals surface area (Å²) in [6.45, 7) is 1.95. The monoisotopic (exact) mass is 313 g/mol. The van der Waals surface area contributed by atoms with Gasteiger partial charge in [0.1, 0.15) is 5.03 Å². The predicted molar refractivity (Wildman–Crippen MR) is 69.9 cm³/mol. The quantitative estimate of drug-likeness (QED) is 0.946. The van der Waals surface area contributed by atoms with Crippen LogP contribution in [0.4, 0.5) is 0 Å². The smallest absolute Gasteiger partial charge is 0.174 e. The van der Waals surface area contributed by atoms with Crippen LogP contribution in [0.1, 0.15) is 11.4 Å². The van der Waals surface area contributed by atoms with Crippen LogP contribution in [0.15, 0.2) is 33.0 Å². The average Bonchev–Trinajstić information content (AvgIpc) is 2.65. The van der Waals surface area contributed by atoms with Crippen LogP contribution in [0.3, 0.4) is 0 Å². The van der Waals surface area contributed by atoms with Crippen LogP contribution < -0.4 is 0 Å². The molecule has 17 heavy (non-hydrogen) atoms. The molecule has 4 nitrogen and oxygen atoms in total. The Morgan fingerprint density at radius 3 is 2.82 bits per heavy atom. The molecule has 0 spiro atoms. The van der Waals surface area contributed by atoms with Gasteiger partial charge in [-0.1, -0.05) is 0 Å². The van der Waals surface area contributed by atoms with Gasteiger partial charge < -0.3 is 9.67 Å². The van der Waals surface area contributed by atoms with Crippen molar-refractivity contribution in [3.05, 3.63) is 34.2 Å². The second kappa shape index (κ2) is 5.20. The molecular formula is C11H12BrN3OS. The Morgan fingerprint density at radius 2 is 2.24 bits per heavy atom. The van der Waals surface area contributed by atoms with Gasteiger partial charge in [0.2, 0.25) is 0 Å². The third-order valence-electron chi connectivity index (χ3n) is 2.40. The number of nitrogens with zero attached hydrogens (tertiary/aromatic N) is 3. The first-order valence-corrected chi connectivity index (χ1v) is 6.65. The predicted octanol–water partition coefficient (Wildman–Crippen LogP) is 2.53. The number of imidazole rings is 1. The average molecular weight is 314 g/mol. The highest BCUT2D eigenvalue weighted by atomic mass is 79.9. The molecule has 2 heterocycles. The minimum absolute atomic E-state index is 0.00312. The van der Waals surface area contributed by atoms with E-state index in [0.717, 1.165) is 26.0 Å². The number of aryl methyl sites for hydroxylation is 1. The van der Waals surface area contributed by atoms with E-state index >= 15 is 0 Å². The molecule has 1 N–H and O–H groups in total. The van der Waals surface area contributed by atoms with Crippen molar-refractivity contribution in [3.8, 4) is 0 Å². The Morgan fingerprint density at radius 1 is 1.47 bits per heavy atom. The lowest BCUT2D eigenvalue weighted by Crippen LogP contribution is -1.97. The Labute approximate surface area is 112 Å². The van der Waals surface area contributed by atoms with E-state index in [1.165, 1.54) is 11.8 Å². The molecule has 0 saturated carbocycles. The summed E-state index contributed by atoms with van der Waals surface area (Å²) < 4.78 is 2.86. The van der Waals surface area contributed by atoms with Gasteiger partial charge in [-0.05, 0) is 46.7 Å². The van der Waals surface area contributed by atoms with Crippen LogP contribution in [0, 0.1) is 6.92 Å². The molecule has 0 amide bonds. The lowest BCUT2D eigenvalue weighted by molar-refractivity contribution is 0.271. The number of aliphatic hydroxyl groups is 1. The standard InChI is InChI=1S/C11H12BrN3OS/c1-7-9(12)3-4-10(14-7)17-11-13-5-8(6-16)15(11)2/h3-5,16H,6H2,1-2H3. The fraction of sp³-hybridized carbons (Fsp3) is 0.273. The molecule has 0 aliphatic rings. The van der Waals surface area contributed by atoms with Gasteiger partial charge >= 0.3 is 0 Å². The number of pyridine rings is 1. The van der Waals surface area contributed by atoms with Crippen LogP contribution >= 0.6 is 27.7 Å². The summed E-state index contributed by atoms with van der Waals surface area (Å²) in [6, 6.07) is 3.91. The number of aliphatic hydroxyl groups excluding tert-OH is 1. The lowest BCUT2D eigenvalue weighted by Gasteiger charge is -2.04. The Hall–Kier alpha value is -0.850. The van der Waals surface area contributed by atoms with Crippen molar-refractivity contribution in [2.24, 2.45) is 7.05 Å². The van der Waals surface area contributed by atoms with E-state index in [2.05, 4.69) is 25.9 Å². The van der Waals surface area contributed by atoms with Gasteiger partial charge in [0.25, 0.3) is 0 Å². The van der Waals surface area contributed by atoms with Crippen LogP contribution in [0.25, 0.3) is 0 Å². The molecule has 0 radical (unpaired) electrons. The SMILES string of the molecule is Cc1nc(Sc2ncc(CO)n2C)ccc1Br. The minimum Gasteiger partial charge on any atom is -0.390 e. The normalized spacial score (nSPS) is 10.8. The van der Waals surface area contributed by atoms with E-state index in [1.807, 2.05) is 30.7 Å². The van der Waals surface area contributed by atoms with Gasteiger partial charge in [-0.3, -0.25) is 0 Å². The maximum atomic E-state index is 9.09. The van der Waals surface area contributed by atoms with Crippen molar-refractivity contribution in [2.45, 2.75) is 23.7 Å². The van der Waals surface area contributed by atoms with Gasteiger partial charge in [-0.2, -0.15) is 0 Å². The minimum atomic E-state index is -0.00312. The number of hydrogen-bond donors (Lipinski definition) is 1. The summed E-state index contributed by atoms with van der Waals surface area (Å²) in [4.78, 5) is 8.69. The summed E-state index contributed by atoms with van der Waals surface area (Å²) in [5, 5.41) is 10.8. The highest BCUT2D eigenvalue weighted by molar-refractivity contribution is 9.10. The molecule has 0 aliphatic heterocycles. The fourth-order valence-electron chi connectivity index (χ4n) is 1.34. The lowest BCUT2D eigenvalue weighted by atomic mass is 10.4. The van der Waals surface area contributed by atoms with Crippen LogP contribution in [-0.4, -0.2) is 19.6 Å². The first kappa shape index (κ1) is 12.6. The number of aromatic nitrogens is 3. The molecule has 0 unspecified atom stereocenters. The third kappa shape index (κ3) is 2.70. The van der Waals surface area contributed by atoms with Gasteiger partial charge in [-0.25, -0.2) is 9.97 Å². The first-order chi connectivity index (χ1) is 8.11. The molecule has 0 fully saturated rings. The maximum Gasteiger partial charge on any atom is 0.174 e. The topological polar surface area (TPSA) is 50.9 Å². The first-order valence-electron chi connectivity index (χ1n) is 5.04. The van der Waals surface area contributed by atoms with Crippen LogP contribution in [-0.2, 0) is 13.7 Å². The zero-order valence-electron chi connectivity index (χ0n) is 9.51. The molecule has 0 aromatic carbocycles. The molecule has 0 aliphatic carbocycles. The molecule has 2 aromatic heterocycles. The maximum absolute atomic E-state index is 9.09. The van der Waals surface area contributed by atoms with Crippen LogP contribution in [0.2, 0.25) is 0 Å². The summed E-state index contributed by atoms with van der Waals surface area (Å²) in [5.74, 6) is 0. The number of rotatable bonds is 3. The van der Waals surface area contributed by atoms with E-state index in [1.54, 1.807) is 6.20 Å². The second-order valence-corrected chi connectivity index (χ2v) is 5.41. The number of halogens is 1. The summed E-state index contributed by atoms with van der Waals surface area (Å²) in [5.41, 5.74) is 1.74. The Bertz CT molecular complexity index is 542. The zero-order chi connectivity index (χ0) is 12.4. The van der Waals surface area contributed by atoms with E-state index in [-0.39, 0.29) is 6.61 Å². The molecule has 0 bridgehead atoms. The summed E-state index contributed by atoms with van der Waals surface area (Å²) >= 11 is 4.90. The molecule has 2 rings (SSSR count). The fourth-order valence-corrected chi connectivity index (χ4v) is 2.43. The molecule has 90 valence electrons. The largest absolute Gasteiger partial charge is 0.390 e. The van der Waals surface area contributed by atoms with Gasteiger partial charge in [0, 0.05) is 11.5 Å². The second-order valence-electron chi connectivity index (χ2n) is 3.57. The zero-order valence-corrected chi connectivity index (χ0v) is 11.9. The Kier molecular flexibility index (Phi) is 3.86. The van der Waals surface area contributed by atoms with E-state index in [0.29, 0.717) is 0 Å². The van der Waals surface area contributed by atoms with Crippen molar-refractivity contribution in [3.63, 3.8) is 0 Å². The molecule has 0 atom stereocenters. The summed E-state index contributed by atoms with van der Waals surface area (Å²) in [7, 11) is 1.88. The van der Waals surface area contributed by atoms with Gasteiger partial charge in [-0.15, -0.1) is 0 Å².